The summed E-state index contributed by atoms with van der Waals surface area (Å²) < 4.78 is 11.0. The standard InChI is InChI=1S/C21H19NO5S2/c1-13(15-6-4-3-5-7-15)22-20(25)18(29-21(22)28)11-14-8-9-16(17(10-14)26-2)27-12-19(23)24/h3-11,13H,12H2,1-2H3,(H,23,24)/b18-11-/t13-/m0/s1. The van der Waals surface area contributed by atoms with E-state index < -0.39 is 12.6 Å². The molecule has 8 heteroatoms. The second-order valence-corrected chi connectivity index (χ2v) is 7.91. The Bertz CT molecular complexity index is 974. The van der Waals surface area contributed by atoms with Gasteiger partial charge in [-0.25, -0.2) is 4.79 Å². The van der Waals surface area contributed by atoms with Crippen molar-refractivity contribution in [1.82, 2.24) is 4.90 Å². The van der Waals surface area contributed by atoms with Gasteiger partial charge in [-0.3, -0.25) is 9.69 Å². The van der Waals surface area contributed by atoms with Crippen molar-refractivity contribution >= 4 is 46.3 Å². The van der Waals surface area contributed by atoms with E-state index in [2.05, 4.69) is 0 Å². The molecule has 1 amide bonds. The number of methoxy groups -OCH3 is 1. The average Bonchev–Trinajstić information content (AvgIpc) is 2.99. The van der Waals surface area contributed by atoms with Crippen molar-refractivity contribution in [2.45, 2.75) is 13.0 Å². The zero-order chi connectivity index (χ0) is 21.0. The van der Waals surface area contributed by atoms with Gasteiger partial charge in [0, 0.05) is 0 Å². The molecule has 1 atom stereocenters. The minimum Gasteiger partial charge on any atom is -0.493 e. The van der Waals surface area contributed by atoms with Crippen LogP contribution in [0.5, 0.6) is 11.5 Å². The molecule has 0 aromatic heterocycles. The van der Waals surface area contributed by atoms with E-state index in [0.717, 1.165) is 11.1 Å². The van der Waals surface area contributed by atoms with Crippen molar-refractivity contribution in [3.8, 4) is 11.5 Å². The van der Waals surface area contributed by atoms with E-state index in [1.807, 2.05) is 37.3 Å². The van der Waals surface area contributed by atoms with Gasteiger partial charge in [-0.1, -0.05) is 60.4 Å². The van der Waals surface area contributed by atoms with Crippen molar-refractivity contribution in [1.29, 1.82) is 0 Å². The van der Waals surface area contributed by atoms with Crippen LogP contribution in [0, 0.1) is 0 Å². The zero-order valence-electron chi connectivity index (χ0n) is 15.8. The first-order chi connectivity index (χ1) is 13.9. The monoisotopic (exact) mass is 429 g/mol. The number of nitrogens with zero attached hydrogens (tertiary/aromatic N) is 1. The first kappa shape index (κ1) is 20.9. The minimum atomic E-state index is -1.08. The summed E-state index contributed by atoms with van der Waals surface area (Å²) in [5.41, 5.74) is 1.73. The lowest BCUT2D eigenvalue weighted by Gasteiger charge is -2.23. The summed E-state index contributed by atoms with van der Waals surface area (Å²) in [6.07, 6.45) is 1.74. The number of hydrogen-bond acceptors (Lipinski definition) is 6. The van der Waals surface area contributed by atoms with Crippen LogP contribution in [0.2, 0.25) is 0 Å². The lowest BCUT2D eigenvalue weighted by Crippen LogP contribution is -2.30. The molecule has 1 heterocycles. The molecule has 1 fully saturated rings. The highest BCUT2D eigenvalue weighted by Gasteiger charge is 2.35. The van der Waals surface area contributed by atoms with Gasteiger partial charge in [0.15, 0.2) is 18.1 Å². The van der Waals surface area contributed by atoms with Gasteiger partial charge >= 0.3 is 5.97 Å². The number of carbonyl (C=O) groups is 2. The van der Waals surface area contributed by atoms with Gasteiger partial charge in [-0.2, -0.15) is 0 Å². The molecule has 0 saturated carbocycles. The second-order valence-electron chi connectivity index (χ2n) is 6.23. The van der Waals surface area contributed by atoms with E-state index in [0.29, 0.717) is 20.7 Å². The quantitative estimate of drug-likeness (QED) is 0.524. The molecule has 29 heavy (non-hydrogen) atoms. The minimum absolute atomic E-state index is 0.151. The third-order valence-electron chi connectivity index (χ3n) is 4.33. The molecule has 0 radical (unpaired) electrons. The summed E-state index contributed by atoms with van der Waals surface area (Å²) >= 11 is 6.69. The second kappa shape index (κ2) is 9.11. The number of rotatable bonds is 7. The van der Waals surface area contributed by atoms with E-state index in [9.17, 15) is 9.59 Å². The summed E-state index contributed by atoms with van der Waals surface area (Å²) in [6, 6.07) is 14.6. The lowest BCUT2D eigenvalue weighted by molar-refractivity contribution is -0.139. The molecule has 3 rings (SSSR count). The largest absolute Gasteiger partial charge is 0.493 e. The predicted molar refractivity (Wildman–Crippen MR) is 116 cm³/mol. The van der Waals surface area contributed by atoms with Crippen molar-refractivity contribution in [3.63, 3.8) is 0 Å². The molecular formula is C21H19NO5S2. The van der Waals surface area contributed by atoms with E-state index in [-0.39, 0.29) is 11.9 Å². The normalized spacial score (nSPS) is 16.2. The van der Waals surface area contributed by atoms with Gasteiger partial charge < -0.3 is 14.6 Å². The fraction of sp³-hybridized carbons (Fsp3) is 0.190. The number of ether oxygens (including phenoxy) is 2. The van der Waals surface area contributed by atoms with Crippen LogP contribution >= 0.6 is 24.0 Å². The molecule has 1 N–H and O–H groups in total. The zero-order valence-corrected chi connectivity index (χ0v) is 17.5. The first-order valence-electron chi connectivity index (χ1n) is 8.75. The summed E-state index contributed by atoms with van der Waals surface area (Å²) in [6.45, 7) is 1.48. The number of thiocarbonyl (C=S) groups is 1. The molecule has 2 aromatic carbocycles. The van der Waals surface area contributed by atoms with Crippen molar-refractivity contribution in [2.24, 2.45) is 0 Å². The van der Waals surface area contributed by atoms with Gasteiger partial charge in [0.1, 0.15) is 4.32 Å². The Labute approximate surface area is 178 Å². The van der Waals surface area contributed by atoms with Gasteiger partial charge in [0.25, 0.3) is 5.91 Å². The van der Waals surface area contributed by atoms with Gasteiger partial charge in [0.05, 0.1) is 18.1 Å². The molecule has 1 aliphatic rings. The summed E-state index contributed by atoms with van der Waals surface area (Å²) in [5, 5.41) is 8.76. The maximum Gasteiger partial charge on any atom is 0.341 e. The molecule has 0 aliphatic carbocycles. The summed E-state index contributed by atoms with van der Waals surface area (Å²) in [4.78, 5) is 25.8. The Morgan fingerprint density at radius 1 is 1.24 bits per heavy atom. The SMILES string of the molecule is COc1cc(/C=C2\SC(=S)N([C@@H](C)c3ccccc3)C2=O)ccc1OCC(=O)O. The van der Waals surface area contributed by atoms with Crippen LogP contribution < -0.4 is 9.47 Å². The van der Waals surface area contributed by atoms with E-state index in [4.69, 9.17) is 26.8 Å². The van der Waals surface area contributed by atoms with Gasteiger partial charge in [-0.15, -0.1) is 0 Å². The number of amides is 1. The maximum absolute atomic E-state index is 13.0. The van der Waals surface area contributed by atoms with Crippen LogP contribution in [0.25, 0.3) is 6.08 Å². The van der Waals surface area contributed by atoms with E-state index >= 15 is 0 Å². The molecule has 150 valence electrons. The number of thioether (sulfide) groups is 1. The number of carboxylic acid groups (broad SMARTS) is 1. The summed E-state index contributed by atoms with van der Waals surface area (Å²) in [5.74, 6) is -0.528. The van der Waals surface area contributed by atoms with E-state index in [1.165, 1.54) is 18.9 Å². The fourth-order valence-corrected chi connectivity index (χ4v) is 4.30. The Morgan fingerprint density at radius 2 is 1.97 bits per heavy atom. The molecule has 2 aromatic rings. The van der Waals surface area contributed by atoms with Gasteiger partial charge in [-0.05, 0) is 36.3 Å². The first-order valence-corrected chi connectivity index (χ1v) is 9.98. The van der Waals surface area contributed by atoms with Crippen LogP contribution in [0.3, 0.4) is 0 Å². The number of carboxylic acids is 1. The summed E-state index contributed by atoms with van der Waals surface area (Å²) in [7, 11) is 1.47. The highest BCUT2D eigenvalue weighted by molar-refractivity contribution is 8.26. The Kier molecular flexibility index (Phi) is 6.56. The van der Waals surface area contributed by atoms with Crippen LogP contribution in [0.15, 0.2) is 53.4 Å². The molecule has 0 unspecified atom stereocenters. The fourth-order valence-electron chi connectivity index (χ4n) is 2.88. The molecule has 0 bridgehead atoms. The Morgan fingerprint density at radius 3 is 2.62 bits per heavy atom. The van der Waals surface area contributed by atoms with Crippen molar-refractivity contribution in [3.05, 3.63) is 64.6 Å². The van der Waals surface area contributed by atoms with Crippen molar-refractivity contribution < 1.29 is 24.2 Å². The predicted octanol–water partition coefficient (Wildman–Crippen LogP) is 4.12. The lowest BCUT2D eigenvalue weighted by atomic mass is 10.1. The molecule has 1 aliphatic heterocycles. The Hall–Kier alpha value is -2.84. The van der Waals surface area contributed by atoms with E-state index in [1.54, 1.807) is 29.2 Å². The molecular weight excluding hydrogens is 410 g/mol. The van der Waals surface area contributed by atoms with Crippen molar-refractivity contribution in [2.75, 3.05) is 13.7 Å². The maximum atomic E-state index is 13.0. The number of carbonyl (C=O) groups excluding carboxylic acids is 1. The highest BCUT2D eigenvalue weighted by atomic mass is 32.2. The topological polar surface area (TPSA) is 76.1 Å². The highest BCUT2D eigenvalue weighted by Crippen LogP contribution is 2.38. The smallest absolute Gasteiger partial charge is 0.341 e. The molecule has 0 spiro atoms. The average molecular weight is 430 g/mol. The third kappa shape index (κ3) is 4.78. The van der Waals surface area contributed by atoms with Gasteiger partial charge in [0.2, 0.25) is 0 Å². The number of aliphatic carboxylic acids is 1. The molecule has 6 nitrogen and oxygen atoms in total. The van der Waals surface area contributed by atoms with Crippen LogP contribution in [-0.2, 0) is 9.59 Å². The number of benzene rings is 2. The molecule has 1 saturated heterocycles. The third-order valence-corrected chi connectivity index (χ3v) is 5.66. The van der Waals surface area contributed by atoms with Crippen LogP contribution in [0.4, 0.5) is 0 Å². The Balaban J connectivity index is 1.83. The number of hydrogen-bond donors (Lipinski definition) is 1. The van der Waals surface area contributed by atoms with Crippen LogP contribution in [0.1, 0.15) is 24.1 Å². The van der Waals surface area contributed by atoms with Crippen LogP contribution in [-0.4, -0.2) is 39.9 Å².